The topological polar surface area (TPSA) is 20.3 Å². The molecular weight excluding hydrogens is 150 g/mol. The lowest BCUT2D eigenvalue weighted by molar-refractivity contribution is -0.125. The summed E-state index contributed by atoms with van der Waals surface area (Å²) in [5, 5.41) is 0. The lowest BCUT2D eigenvalue weighted by Crippen LogP contribution is -2.28. The second-order valence-corrected chi connectivity index (χ2v) is 2.82. The molecule has 0 rings (SSSR count). The Hall–Kier alpha value is -0.790. The maximum Gasteiger partial charge on any atom is 0.245 e. The molecular formula is C10H21NO. The van der Waals surface area contributed by atoms with E-state index in [4.69, 9.17) is 0 Å². The van der Waals surface area contributed by atoms with E-state index < -0.39 is 0 Å². The molecule has 0 aliphatic heterocycles. The monoisotopic (exact) mass is 171 g/mol. The average molecular weight is 171 g/mol. The van der Waals surface area contributed by atoms with Crippen molar-refractivity contribution >= 4 is 5.91 Å². The van der Waals surface area contributed by atoms with Crippen LogP contribution in [-0.2, 0) is 4.79 Å². The highest BCUT2D eigenvalue weighted by Crippen LogP contribution is 1.95. The minimum atomic E-state index is -0.00583. The van der Waals surface area contributed by atoms with Gasteiger partial charge in [-0.25, -0.2) is 0 Å². The maximum absolute atomic E-state index is 10.9. The SMILES string of the molecule is C=CC(=O)N(C)CC(C)C.CC. The van der Waals surface area contributed by atoms with Gasteiger partial charge in [-0.05, 0) is 12.0 Å². The van der Waals surface area contributed by atoms with Gasteiger partial charge in [0.05, 0.1) is 0 Å². The van der Waals surface area contributed by atoms with Gasteiger partial charge in [0.15, 0.2) is 0 Å². The molecule has 12 heavy (non-hydrogen) atoms. The first-order chi connectivity index (χ1) is 5.57. The van der Waals surface area contributed by atoms with Crippen LogP contribution in [-0.4, -0.2) is 24.4 Å². The number of nitrogens with zero attached hydrogens (tertiary/aromatic N) is 1. The van der Waals surface area contributed by atoms with E-state index in [2.05, 4.69) is 20.4 Å². The Morgan fingerprint density at radius 2 is 1.92 bits per heavy atom. The summed E-state index contributed by atoms with van der Waals surface area (Å²) in [6, 6.07) is 0. The Morgan fingerprint density at radius 1 is 1.50 bits per heavy atom. The highest BCUT2D eigenvalue weighted by molar-refractivity contribution is 5.86. The van der Waals surface area contributed by atoms with E-state index in [9.17, 15) is 4.79 Å². The Labute approximate surface area is 76.3 Å². The van der Waals surface area contributed by atoms with Crippen LogP contribution in [0, 0.1) is 5.92 Å². The van der Waals surface area contributed by atoms with Gasteiger partial charge in [0.2, 0.25) is 5.91 Å². The van der Waals surface area contributed by atoms with Crippen molar-refractivity contribution in [3.05, 3.63) is 12.7 Å². The number of likely N-dealkylation sites (N-methyl/N-ethyl adjacent to an activating group) is 1. The molecule has 0 aromatic heterocycles. The van der Waals surface area contributed by atoms with E-state index >= 15 is 0 Å². The Morgan fingerprint density at radius 3 is 2.17 bits per heavy atom. The van der Waals surface area contributed by atoms with Gasteiger partial charge in [-0.2, -0.15) is 0 Å². The quantitative estimate of drug-likeness (QED) is 0.597. The van der Waals surface area contributed by atoms with E-state index in [0.29, 0.717) is 5.92 Å². The van der Waals surface area contributed by atoms with Gasteiger partial charge in [0.25, 0.3) is 0 Å². The van der Waals surface area contributed by atoms with Crippen molar-refractivity contribution in [2.45, 2.75) is 27.7 Å². The van der Waals surface area contributed by atoms with Gasteiger partial charge >= 0.3 is 0 Å². The predicted octanol–water partition coefficient (Wildman–Crippen LogP) is 2.31. The van der Waals surface area contributed by atoms with Crippen LogP contribution in [0.4, 0.5) is 0 Å². The molecule has 0 bridgehead atoms. The molecule has 0 aromatic rings. The molecule has 0 saturated heterocycles. The molecule has 72 valence electrons. The van der Waals surface area contributed by atoms with Crippen LogP contribution in [0.1, 0.15) is 27.7 Å². The molecule has 0 unspecified atom stereocenters. The van der Waals surface area contributed by atoms with E-state index in [0.717, 1.165) is 6.54 Å². The zero-order valence-electron chi connectivity index (χ0n) is 8.92. The molecule has 2 heteroatoms. The fourth-order valence-corrected chi connectivity index (χ4v) is 0.794. The largest absolute Gasteiger partial charge is 0.342 e. The highest BCUT2D eigenvalue weighted by atomic mass is 16.2. The van der Waals surface area contributed by atoms with Crippen LogP contribution in [0.5, 0.6) is 0 Å². The van der Waals surface area contributed by atoms with Crippen molar-refractivity contribution in [2.75, 3.05) is 13.6 Å². The molecule has 0 aliphatic carbocycles. The lowest BCUT2D eigenvalue weighted by Gasteiger charge is -2.16. The third-order valence-electron chi connectivity index (χ3n) is 1.19. The number of carbonyl (C=O) groups is 1. The summed E-state index contributed by atoms with van der Waals surface area (Å²) in [6.07, 6.45) is 1.34. The molecule has 0 heterocycles. The number of hydrogen-bond donors (Lipinski definition) is 0. The summed E-state index contributed by atoms with van der Waals surface area (Å²) < 4.78 is 0. The summed E-state index contributed by atoms with van der Waals surface area (Å²) in [5.74, 6) is 0.516. The third kappa shape index (κ3) is 7.32. The van der Waals surface area contributed by atoms with Crippen LogP contribution in [0.2, 0.25) is 0 Å². The number of carbonyl (C=O) groups excluding carboxylic acids is 1. The highest BCUT2D eigenvalue weighted by Gasteiger charge is 2.04. The Kier molecular flexibility index (Phi) is 9.54. The molecule has 0 saturated carbocycles. The Bertz CT molecular complexity index is 130. The first-order valence-electron chi connectivity index (χ1n) is 4.45. The first kappa shape index (κ1) is 13.8. The third-order valence-corrected chi connectivity index (χ3v) is 1.19. The summed E-state index contributed by atoms with van der Waals surface area (Å²) in [7, 11) is 1.78. The molecule has 0 aliphatic rings. The molecule has 2 nitrogen and oxygen atoms in total. The van der Waals surface area contributed by atoms with Crippen LogP contribution in [0.15, 0.2) is 12.7 Å². The van der Waals surface area contributed by atoms with Crippen LogP contribution in [0.25, 0.3) is 0 Å². The van der Waals surface area contributed by atoms with Gasteiger partial charge in [0, 0.05) is 13.6 Å². The van der Waals surface area contributed by atoms with Crippen LogP contribution >= 0.6 is 0 Å². The van der Waals surface area contributed by atoms with Gasteiger partial charge in [-0.3, -0.25) is 4.79 Å². The van der Waals surface area contributed by atoms with Crippen molar-refractivity contribution in [1.29, 1.82) is 0 Å². The van der Waals surface area contributed by atoms with Crippen molar-refractivity contribution in [3.8, 4) is 0 Å². The molecule has 0 spiro atoms. The molecule has 0 fully saturated rings. The van der Waals surface area contributed by atoms with Crippen LogP contribution < -0.4 is 0 Å². The number of amides is 1. The zero-order valence-corrected chi connectivity index (χ0v) is 8.92. The summed E-state index contributed by atoms with van der Waals surface area (Å²) >= 11 is 0. The summed E-state index contributed by atoms with van der Waals surface area (Å²) in [4.78, 5) is 12.5. The predicted molar refractivity (Wildman–Crippen MR) is 54.0 cm³/mol. The van der Waals surface area contributed by atoms with Gasteiger partial charge in [-0.1, -0.05) is 34.3 Å². The van der Waals surface area contributed by atoms with Crippen molar-refractivity contribution in [2.24, 2.45) is 5.92 Å². The smallest absolute Gasteiger partial charge is 0.245 e. The fourth-order valence-electron chi connectivity index (χ4n) is 0.794. The van der Waals surface area contributed by atoms with E-state index in [1.165, 1.54) is 6.08 Å². The standard InChI is InChI=1S/C8H15NO.C2H6/c1-5-8(10)9(4)6-7(2)3;1-2/h5,7H,1,6H2,2-4H3;1-2H3. The van der Waals surface area contributed by atoms with Crippen LogP contribution in [0.3, 0.4) is 0 Å². The van der Waals surface area contributed by atoms with Gasteiger partial charge < -0.3 is 4.90 Å². The fraction of sp³-hybridized carbons (Fsp3) is 0.700. The maximum atomic E-state index is 10.9. The van der Waals surface area contributed by atoms with E-state index in [1.807, 2.05) is 13.8 Å². The Balaban J connectivity index is 0. The van der Waals surface area contributed by atoms with Crippen molar-refractivity contribution < 1.29 is 4.79 Å². The molecule has 0 N–H and O–H groups in total. The van der Waals surface area contributed by atoms with Gasteiger partial charge in [-0.15, -0.1) is 0 Å². The summed E-state index contributed by atoms with van der Waals surface area (Å²) in [5.41, 5.74) is 0. The minimum Gasteiger partial charge on any atom is -0.342 e. The molecule has 1 amide bonds. The van der Waals surface area contributed by atoms with Gasteiger partial charge in [0.1, 0.15) is 0 Å². The normalized spacial score (nSPS) is 8.50. The second-order valence-electron chi connectivity index (χ2n) is 2.82. The van der Waals surface area contributed by atoms with Crippen molar-refractivity contribution in [3.63, 3.8) is 0 Å². The molecule has 0 atom stereocenters. The average Bonchev–Trinajstić information content (AvgIpc) is 2.05. The van der Waals surface area contributed by atoms with E-state index in [1.54, 1.807) is 11.9 Å². The lowest BCUT2D eigenvalue weighted by atomic mass is 10.2. The number of rotatable bonds is 3. The second kappa shape index (κ2) is 8.31. The number of hydrogen-bond acceptors (Lipinski definition) is 1. The summed E-state index contributed by atoms with van der Waals surface area (Å²) in [6.45, 7) is 12.3. The minimum absolute atomic E-state index is 0.00583. The first-order valence-corrected chi connectivity index (χ1v) is 4.45. The molecule has 0 aromatic carbocycles. The van der Waals surface area contributed by atoms with E-state index in [-0.39, 0.29) is 5.91 Å². The zero-order chi connectivity index (χ0) is 10.1. The molecule has 0 radical (unpaired) electrons. The van der Waals surface area contributed by atoms with Crippen molar-refractivity contribution in [1.82, 2.24) is 4.90 Å².